The molecule has 2 N–H and O–H groups in total. The standard InChI is InChI=1S/C32H39N5O5/c1-19-15-37(20(2)17-38)31(39)30-28(25-13-9-10-14-26(25)36(30)6)24-12-8-7-11-23(24)18-41-27(19)16-35(5)32(40)33-29-21(3)34-42-22(29)4/h7-14,19-20,27,38H,15-18H2,1-6H3,(H,33,40)/t19-,20+,27+/m0/s1. The van der Waals surface area contributed by atoms with Gasteiger partial charge in [0.2, 0.25) is 0 Å². The lowest BCUT2D eigenvalue weighted by molar-refractivity contribution is -0.0179. The van der Waals surface area contributed by atoms with E-state index in [2.05, 4.69) is 10.5 Å². The summed E-state index contributed by atoms with van der Waals surface area (Å²) < 4.78 is 13.7. The van der Waals surface area contributed by atoms with Crippen molar-refractivity contribution in [1.29, 1.82) is 0 Å². The SMILES string of the molecule is Cc1noc(C)c1NC(=O)N(C)C[C@H]1OCc2ccccc2-c2c(n(C)c3ccccc23)C(=O)N([C@H](C)CO)C[C@@H]1C. The monoisotopic (exact) mass is 573 g/mol. The van der Waals surface area contributed by atoms with E-state index in [0.717, 1.165) is 27.6 Å². The van der Waals surface area contributed by atoms with Crippen LogP contribution in [0.15, 0.2) is 53.1 Å². The highest BCUT2D eigenvalue weighted by Gasteiger charge is 2.34. The molecule has 42 heavy (non-hydrogen) atoms. The molecule has 0 saturated heterocycles. The molecule has 0 saturated carbocycles. The van der Waals surface area contributed by atoms with E-state index in [1.54, 1.807) is 30.7 Å². The predicted octanol–water partition coefficient (Wildman–Crippen LogP) is 4.97. The molecule has 3 heterocycles. The smallest absolute Gasteiger partial charge is 0.321 e. The average Bonchev–Trinajstić information content (AvgIpc) is 3.47. The molecular weight excluding hydrogens is 534 g/mol. The van der Waals surface area contributed by atoms with Crippen LogP contribution >= 0.6 is 0 Å². The Balaban J connectivity index is 1.54. The average molecular weight is 574 g/mol. The van der Waals surface area contributed by atoms with Crippen LogP contribution in [0.2, 0.25) is 0 Å². The fraction of sp³-hybridized carbons (Fsp3) is 0.406. The largest absolute Gasteiger partial charge is 0.394 e. The number of benzene rings is 2. The lowest BCUT2D eigenvalue weighted by atomic mass is 9.96. The Kier molecular flexibility index (Phi) is 8.38. The quantitative estimate of drug-likeness (QED) is 0.349. The number of likely N-dealkylation sites (N-methyl/N-ethyl adjacent to an activating group) is 1. The molecule has 3 amide bonds. The Morgan fingerprint density at radius 2 is 1.90 bits per heavy atom. The summed E-state index contributed by atoms with van der Waals surface area (Å²) in [5.74, 6) is 0.211. The normalized spacial score (nSPS) is 18.3. The van der Waals surface area contributed by atoms with Crippen molar-refractivity contribution in [2.24, 2.45) is 13.0 Å². The summed E-state index contributed by atoms with van der Waals surface area (Å²) in [6.45, 7) is 8.12. The van der Waals surface area contributed by atoms with Crippen molar-refractivity contribution in [1.82, 2.24) is 19.5 Å². The molecule has 0 aliphatic carbocycles. The summed E-state index contributed by atoms with van der Waals surface area (Å²) in [6.07, 6.45) is -0.405. The number of aliphatic hydroxyl groups excluding tert-OH is 1. The maximum Gasteiger partial charge on any atom is 0.321 e. The number of ether oxygens (including phenoxy) is 1. The number of carbonyl (C=O) groups excluding carboxylic acids is 2. The molecule has 10 nitrogen and oxygen atoms in total. The number of hydrogen-bond acceptors (Lipinski definition) is 6. The molecule has 3 atom stereocenters. The van der Waals surface area contributed by atoms with Gasteiger partial charge in [0, 0.05) is 49.6 Å². The van der Waals surface area contributed by atoms with E-state index in [1.165, 1.54) is 0 Å². The van der Waals surface area contributed by atoms with Crippen LogP contribution in [0.25, 0.3) is 22.0 Å². The van der Waals surface area contributed by atoms with Gasteiger partial charge in [-0.2, -0.15) is 0 Å². The van der Waals surface area contributed by atoms with Crippen molar-refractivity contribution in [2.75, 3.05) is 32.1 Å². The lowest BCUT2D eigenvalue weighted by Gasteiger charge is -2.35. The van der Waals surface area contributed by atoms with E-state index in [1.807, 2.05) is 74.0 Å². The number of urea groups is 1. The fourth-order valence-electron chi connectivity index (χ4n) is 5.74. The second-order valence-corrected chi connectivity index (χ2v) is 11.3. The van der Waals surface area contributed by atoms with Gasteiger partial charge in [-0.3, -0.25) is 4.79 Å². The topological polar surface area (TPSA) is 113 Å². The van der Waals surface area contributed by atoms with E-state index in [9.17, 15) is 14.7 Å². The molecule has 10 heteroatoms. The Hall–Kier alpha value is -4.15. The van der Waals surface area contributed by atoms with Crippen LogP contribution in [0.4, 0.5) is 10.5 Å². The maximum absolute atomic E-state index is 14.5. The first-order chi connectivity index (χ1) is 20.1. The molecule has 1 aliphatic heterocycles. The van der Waals surface area contributed by atoms with E-state index in [-0.39, 0.29) is 31.0 Å². The van der Waals surface area contributed by atoms with E-state index >= 15 is 0 Å². The number of nitrogens with zero attached hydrogens (tertiary/aromatic N) is 4. The first-order valence-electron chi connectivity index (χ1n) is 14.3. The van der Waals surface area contributed by atoms with Crippen molar-refractivity contribution in [3.05, 3.63) is 71.2 Å². The zero-order chi connectivity index (χ0) is 30.1. The summed E-state index contributed by atoms with van der Waals surface area (Å²) in [6, 6.07) is 15.2. The molecule has 0 fully saturated rings. The van der Waals surface area contributed by atoms with Crippen LogP contribution in [-0.4, -0.2) is 75.5 Å². The van der Waals surface area contributed by atoms with Crippen LogP contribution < -0.4 is 5.32 Å². The Bertz CT molecular complexity index is 1590. The molecule has 0 spiro atoms. The highest BCUT2D eigenvalue weighted by atomic mass is 16.5. The summed E-state index contributed by atoms with van der Waals surface area (Å²) in [5, 5.41) is 18.0. The number of para-hydroxylation sites is 1. The first kappa shape index (κ1) is 29.3. The molecule has 0 radical (unpaired) electrons. The molecule has 4 aromatic rings. The van der Waals surface area contributed by atoms with Crippen LogP contribution in [0.5, 0.6) is 0 Å². The van der Waals surface area contributed by atoms with Gasteiger partial charge in [-0.15, -0.1) is 0 Å². The van der Waals surface area contributed by atoms with E-state index in [4.69, 9.17) is 9.26 Å². The summed E-state index contributed by atoms with van der Waals surface area (Å²) >= 11 is 0. The van der Waals surface area contributed by atoms with Gasteiger partial charge in [0.25, 0.3) is 5.91 Å². The Labute approximate surface area is 245 Å². The molecule has 222 valence electrons. The second kappa shape index (κ2) is 12.0. The summed E-state index contributed by atoms with van der Waals surface area (Å²) in [4.78, 5) is 30.9. The van der Waals surface area contributed by atoms with Gasteiger partial charge in [0.05, 0.1) is 25.4 Å². The number of anilines is 1. The number of aliphatic hydroxyl groups is 1. The minimum atomic E-state index is -0.428. The summed E-state index contributed by atoms with van der Waals surface area (Å²) in [5.41, 5.74) is 5.41. The summed E-state index contributed by atoms with van der Waals surface area (Å²) in [7, 11) is 3.63. The number of hydrogen-bond donors (Lipinski definition) is 2. The van der Waals surface area contributed by atoms with Crippen molar-refractivity contribution >= 4 is 28.5 Å². The van der Waals surface area contributed by atoms with E-state index < -0.39 is 12.1 Å². The minimum Gasteiger partial charge on any atom is -0.394 e. The third-order valence-corrected chi connectivity index (χ3v) is 8.29. The van der Waals surface area contributed by atoms with Crippen LogP contribution in [0.3, 0.4) is 0 Å². The zero-order valence-electron chi connectivity index (χ0n) is 25.0. The third kappa shape index (κ3) is 5.39. The molecular formula is C32H39N5O5. The minimum absolute atomic E-state index is 0.156. The number of fused-ring (bicyclic) bond motifs is 5. The van der Waals surface area contributed by atoms with Gasteiger partial charge in [-0.05, 0) is 38.0 Å². The van der Waals surface area contributed by atoms with E-state index in [0.29, 0.717) is 36.0 Å². The number of amides is 3. The number of aryl methyl sites for hydroxylation is 3. The molecule has 5 rings (SSSR count). The van der Waals surface area contributed by atoms with Crippen LogP contribution in [-0.2, 0) is 18.4 Å². The maximum atomic E-state index is 14.5. The third-order valence-electron chi connectivity index (χ3n) is 8.29. The first-order valence-corrected chi connectivity index (χ1v) is 14.3. The van der Waals surface area contributed by atoms with Gasteiger partial charge in [-0.1, -0.05) is 54.5 Å². The van der Waals surface area contributed by atoms with Crippen LogP contribution in [0.1, 0.15) is 41.4 Å². The lowest BCUT2D eigenvalue weighted by Crippen LogP contribution is -2.48. The number of rotatable bonds is 5. The fourth-order valence-corrected chi connectivity index (χ4v) is 5.74. The van der Waals surface area contributed by atoms with Gasteiger partial charge in [0.15, 0.2) is 5.76 Å². The number of carbonyl (C=O) groups is 2. The molecule has 0 unspecified atom stereocenters. The van der Waals surface area contributed by atoms with Gasteiger partial charge in [0.1, 0.15) is 17.1 Å². The van der Waals surface area contributed by atoms with Crippen molar-refractivity contribution in [2.45, 2.75) is 46.4 Å². The van der Waals surface area contributed by atoms with Gasteiger partial charge in [-0.25, -0.2) is 4.79 Å². The highest BCUT2D eigenvalue weighted by molar-refractivity contribution is 6.10. The van der Waals surface area contributed by atoms with Crippen molar-refractivity contribution in [3.63, 3.8) is 0 Å². The number of aromatic nitrogens is 2. The van der Waals surface area contributed by atoms with Gasteiger partial charge >= 0.3 is 6.03 Å². The van der Waals surface area contributed by atoms with Crippen molar-refractivity contribution < 1.29 is 24.0 Å². The zero-order valence-corrected chi connectivity index (χ0v) is 25.0. The van der Waals surface area contributed by atoms with Crippen LogP contribution in [0, 0.1) is 19.8 Å². The molecule has 2 aromatic carbocycles. The highest BCUT2D eigenvalue weighted by Crippen LogP contribution is 2.38. The predicted molar refractivity (Wildman–Crippen MR) is 161 cm³/mol. The molecule has 1 aliphatic rings. The number of nitrogens with one attached hydrogen (secondary N) is 1. The molecule has 0 bridgehead atoms. The van der Waals surface area contributed by atoms with Gasteiger partial charge < -0.3 is 34.1 Å². The Morgan fingerprint density at radius 3 is 2.62 bits per heavy atom. The Morgan fingerprint density at radius 1 is 1.19 bits per heavy atom. The van der Waals surface area contributed by atoms with Crippen molar-refractivity contribution in [3.8, 4) is 11.1 Å². The second-order valence-electron chi connectivity index (χ2n) is 11.3. The molecule has 2 aromatic heterocycles.